The van der Waals surface area contributed by atoms with Gasteiger partial charge in [-0.3, -0.25) is 4.98 Å². The number of hydrogen-bond acceptors (Lipinski definition) is 3. The van der Waals surface area contributed by atoms with Gasteiger partial charge in [-0.2, -0.15) is 0 Å². The van der Waals surface area contributed by atoms with Gasteiger partial charge in [0.2, 0.25) is 0 Å². The van der Waals surface area contributed by atoms with Crippen LogP contribution in [0.4, 0.5) is 4.39 Å². The van der Waals surface area contributed by atoms with Crippen LogP contribution in [-0.2, 0) is 13.2 Å². The van der Waals surface area contributed by atoms with Crippen molar-refractivity contribution in [2.24, 2.45) is 0 Å². The molecule has 0 amide bonds. The van der Waals surface area contributed by atoms with Crippen LogP contribution >= 0.6 is 15.9 Å². The minimum atomic E-state index is -0.291. The average Bonchev–Trinajstić information content (AvgIpc) is 2.43. The van der Waals surface area contributed by atoms with Gasteiger partial charge >= 0.3 is 0 Å². The molecule has 0 fully saturated rings. The fourth-order valence-electron chi connectivity index (χ4n) is 1.83. The van der Waals surface area contributed by atoms with Crippen LogP contribution in [0.3, 0.4) is 0 Å². The maximum atomic E-state index is 13.6. The Morgan fingerprint density at radius 1 is 1.19 bits per heavy atom. The van der Waals surface area contributed by atoms with Crippen LogP contribution in [0.5, 0.6) is 5.75 Å². The second-order valence-corrected chi connectivity index (χ2v) is 6.05. The van der Waals surface area contributed by atoms with E-state index in [0.717, 1.165) is 15.6 Å². The number of benzene rings is 1. The van der Waals surface area contributed by atoms with Crippen LogP contribution < -0.4 is 10.1 Å². The summed E-state index contributed by atoms with van der Waals surface area (Å²) in [5.41, 5.74) is 1.79. The molecule has 21 heavy (non-hydrogen) atoms. The molecule has 0 unspecified atom stereocenters. The first-order valence-corrected chi connectivity index (χ1v) is 7.57. The minimum Gasteiger partial charge on any atom is -0.489 e. The SMILES string of the molecule is CC(C)NCc1cc(F)cc(OCc2cncc(Br)c2)c1. The molecule has 0 atom stereocenters. The highest BCUT2D eigenvalue weighted by atomic mass is 79.9. The third kappa shape index (κ3) is 5.44. The Kier molecular flexibility index (Phi) is 5.70. The van der Waals surface area contributed by atoms with Gasteiger partial charge in [-0.05, 0) is 39.7 Å². The van der Waals surface area contributed by atoms with Crippen molar-refractivity contribution in [3.8, 4) is 5.75 Å². The number of halogens is 2. The first-order valence-electron chi connectivity index (χ1n) is 6.78. The van der Waals surface area contributed by atoms with Crippen molar-refractivity contribution < 1.29 is 9.13 Å². The lowest BCUT2D eigenvalue weighted by molar-refractivity contribution is 0.303. The first-order chi connectivity index (χ1) is 10.0. The third-order valence-electron chi connectivity index (χ3n) is 2.81. The van der Waals surface area contributed by atoms with E-state index in [1.165, 1.54) is 12.1 Å². The number of pyridine rings is 1. The van der Waals surface area contributed by atoms with Gasteiger partial charge in [-0.25, -0.2) is 4.39 Å². The number of nitrogens with one attached hydrogen (secondary N) is 1. The van der Waals surface area contributed by atoms with Gasteiger partial charge < -0.3 is 10.1 Å². The highest BCUT2D eigenvalue weighted by molar-refractivity contribution is 9.10. The van der Waals surface area contributed by atoms with E-state index in [4.69, 9.17) is 4.74 Å². The fourth-order valence-corrected chi connectivity index (χ4v) is 2.24. The van der Waals surface area contributed by atoms with Crippen molar-refractivity contribution in [1.82, 2.24) is 10.3 Å². The summed E-state index contributed by atoms with van der Waals surface area (Å²) in [6.07, 6.45) is 3.44. The normalized spacial score (nSPS) is 10.9. The molecule has 112 valence electrons. The molecule has 5 heteroatoms. The van der Waals surface area contributed by atoms with Crippen molar-refractivity contribution in [3.63, 3.8) is 0 Å². The van der Waals surface area contributed by atoms with Crippen molar-refractivity contribution in [2.75, 3.05) is 0 Å². The molecule has 3 nitrogen and oxygen atoms in total. The van der Waals surface area contributed by atoms with E-state index in [0.29, 0.717) is 24.9 Å². The van der Waals surface area contributed by atoms with Crippen LogP contribution in [0.2, 0.25) is 0 Å². The fraction of sp³-hybridized carbons (Fsp3) is 0.312. The van der Waals surface area contributed by atoms with Crippen LogP contribution in [0.1, 0.15) is 25.0 Å². The lowest BCUT2D eigenvalue weighted by Gasteiger charge is -2.11. The number of ether oxygens (including phenoxy) is 1. The summed E-state index contributed by atoms with van der Waals surface area (Å²) in [6, 6.07) is 7.04. The molecule has 0 saturated heterocycles. The summed E-state index contributed by atoms with van der Waals surface area (Å²) < 4.78 is 20.2. The van der Waals surface area contributed by atoms with Crippen LogP contribution in [0.15, 0.2) is 41.1 Å². The minimum absolute atomic E-state index is 0.291. The zero-order chi connectivity index (χ0) is 15.2. The van der Waals surface area contributed by atoms with Crippen LogP contribution in [-0.4, -0.2) is 11.0 Å². The molecular weight excluding hydrogens is 335 g/mol. The molecule has 2 rings (SSSR count). The Labute approximate surface area is 132 Å². The van der Waals surface area contributed by atoms with E-state index >= 15 is 0 Å². The van der Waals surface area contributed by atoms with Crippen molar-refractivity contribution in [2.45, 2.75) is 33.0 Å². The van der Waals surface area contributed by atoms with Gasteiger partial charge in [0.25, 0.3) is 0 Å². The molecule has 1 N–H and O–H groups in total. The molecule has 0 aliphatic rings. The van der Waals surface area contributed by atoms with E-state index in [1.54, 1.807) is 12.4 Å². The molecule has 1 aromatic carbocycles. The zero-order valence-electron chi connectivity index (χ0n) is 12.1. The molecule has 2 aromatic rings. The Hall–Kier alpha value is -1.46. The Morgan fingerprint density at radius 2 is 2.00 bits per heavy atom. The van der Waals surface area contributed by atoms with E-state index in [1.807, 2.05) is 12.1 Å². The summed E-state index contributed by atoms with van der Waals surface area (Å²) in [5, 5.41) is 3.26. The highest BCUT2D eigenvalue weighted by Gasteiger charge is 2.04. The first kappa shape index (κ1) is 15.9. The molecule has 0 saturated carbocycles. The number of aromatic nitrogens is 1. The molecule has 1 heterocycles. The zero-order valence-corrected chi connectivity index (χ0v) is 13.7. The Balaban J connectivity index is 2.02. The van der Waals surface area contributed by atoms with Gasteiger partial charge in [-0.1, -0.05) is 13.8 Å². The number of rotatable bonds is 6. The topological polar surface area (TPSA) is 34.1 Å². The van der Waals surface area contributed by atoms with Gasteiger partial charge in [0.15, 0.2) is 0 Å². The van der Waals surface area contributed by atoms with Gasteiger partial charge in [-0.15, -0.1) is 0 Å². The molecule has 1 aromatic heterocycles. The summed E-state index contributed by atoms with van der Waals surface area (Å²) in [7, 11) is 0. The standard InChI is InChI=1S/C16H18BrFN2O/c1-11(2)20-8-12-4-15(18)6-16(5-12)21-10-13-3-14(17)9-19-7-13/h3-7,9,11,20H,8,10H2,1-2H3. The lowest BCUT2D eigenvalue weighted by atomic mass is 10.2. The van der Waals surface area contributed by atoms with Crippen molar-refractivity contribution in [1.29, 1.82) is 0 Å². The number of hydrogen-bond donors (Lipinski definition) is 1. The second-order valence-electron chi connectivity index (χ2n) is 5.13. The van der Waals surface area contributed by atoms with Crippen molar-refractivity contribution >= 4 is 15.9 Å². The molecule has 0 spiro atoms. The van der Waals surface area contributed by atoms with E-state index in [-0.39, 0.29) is 5.82 Å². The second kappa shape index (κ2) is 7.52. The monoisotopic (exact) mass is 352 g/mol. The van der Waals surface area contributed by atoms with Gasteiger partial charge in [0, 0.05) is 41.1 Å². The third-order valence-corrected chi connectivity index (χ3v) is 3.25. The summed E-state index contributed by atoms with van der Waals surface area (Å²) in [6.45, 7) is 5.07. The Morgan fingerprint density at radius 3 is 2.71 bits per heavy atom. The van der Waals surface area contributed by atoms with E-state index in [9.17, 15) is 4.39 Å². The molecular formula is C16H18BrFN2O. The summed E-state index contributed by atoms with van der Waals surface area (Å²) >= 11 is 3.36. The van der Waals surface area contributed by atoms with Crippen LogP contribution in [0, 0.1) is 5.82 Å². The Bertz CT molecular complexity index is 605. The molecule has 0 bridgehead atoms. The predicted molar refractivity (Wildman–Crippen MR) is 84.6 cm³/mol. The van der Waals surface area contributed by atoms with E-state index in [2.05, 4.69) is 40.1 Å². The van der Waals surface area contributed by atoms with Gasteiger partial charge in [0.05, 0.1) is 0 Å². The molecule has 0 aliphatic heterocycles. The maximum absolute atomic E-state index is 13.6. The van der Waals surface area contributed by atoms with Crippen molar-refractivity contribution in [3.05, 3.63) is 58.1 Å². The van der Waals surface area contributed by atoms with E-state index < -0.39 is 0 Å². The predicted octanol–water partition coefficient (Wildman–Crippen LogP) is 4.06. The largest absolute Gasteiger partial charge is 0.489 e. The van der Waals surface area contributed by atoms with Crippen LogP contribution in [0.25, 0.3) is 0 Å². The lowest BCUT2D eigenvalue weighted by Crippen LogP contribution is -2.21. The highest BCUT2D eigenvalue weighted by Crippen LogP contribution is 2.19. The average molecular weight is 353 g/mol. The summed E-state index contributed by atoms with van der Waals surface area (Å²) in [4.78, 5) is 4.07. The maximum Gasteiger partial charge on any atom is 0.127 e. The smallest absolute Gasteiger partial charge is 0.127 e. The quantitative estimate of drug-likeness (QED) is 0.851. The number of nitrogens with zero attached hydrogens (tertiary/aromatic N) is 1. The summed E-state index contributed by atoms with van der Waals surface area (Å²) in [5.74, 6) is 0.232. The molecule has 0 radical (unpaired) electrons. The molecule has 0 aliphatic carbocycles. The van der Waals surface area contributed by atoms with Gasteiger partial charge in [0.1, 0.15) is 18.2 Å².